The van der Waals surface area contributed by atoms with Crippen molar-refractivity contribution in [1.29, 1.82) is 0 Å². The van der Waals surface area contributed by atoms with Gasteiger partial charge < -0.3 is 4.90 Å². The third-order valence-corrected chi connectivity index (χ3v) is 4.49. The van der Waals surface area contributed by atoms with E-state index in [0.717, 1.165) is 23.2 Å². The lowest BCUT2D eigenvalue weighted by atomic mass is 10.3. The van der Waals surface area contributed by atoms with E-state index in [1.165, 1.54) is 25.9 Å². The summed E-state index contributed by atoms with van der Waals surface area (Å²) in [5.41, 5.74) is 0.171. The SMILES string of the molecule is O=c1c2ccccc2sn1CCN1CCCC1. The van der Waals surface area contributed by atoms with Crippen LogP contribution in [-0.4, -0.2) is 28.5 Å². The van der Waals surface area contributed by atoms with Crippen LogP contribution in [0.3, 0.4) is 0 Å². The van der Waals surface area contributed by atoms with Crippen molar-refractivity contribution in [3.8, 4) is 0 Å². The maximum atomic E-state index is 12.1. The average Bonchev–Trinajstić information content (AvgIpc) is 2.96. The summed E-state index contributed by atoms with van der Waals surface area (Å²) in [7, 11) is 0. The molecule has 1 aromatic heterocycles. The van der Waals surface area contributed by atoms with E-state index in [-0.39, 0.29) is 5.56 Å². The largest absolute Gasteiger partial charge is 0.302 e. The van der Waals surface area contributed by atoms with Crippen LogP contribution < -0.4 is 5.56 Å². The van der Waals surface area contributed by atoms with E-state index in [1.54, 1.807) is 11.5 Å². The summed E-state index contributed by atoms with van der Waals surface area (Å²) in [6, 6.07) is 7.86. The summed E-state index contributed by atoms with van der Waals surface area (Å²) in [4.78, 5) is 14.5. The zero-order valence-electron chi connectivity index (χ0n) is 9.76. The van der Waals surface area contributed by atoms with Crippen molar-refractivity contribution in [2.45, 2.75) is 19.4 Å². The van der Waals surface area contributed by atoms with Gasteiger partial charge in [-0.15, -0.1) is 0 Å². The molecule has 3 rings (SSSR count). The van der Waals surface area contributed by atoms with E-state index in [4.69, 9.17) is 0 Å². The summed E-state index contributed by atoms with van der Waals surface area (Å²) in [6.07, 6.45) is 2.61. The molecule has 1 aliphatic heterocycles. The summed E-state index contributed by atoms with van der Waals surface area (Å²) < 4.78 is 2.99. The van der Waals surface area contributed by atoms with Gasteiger partial charge in [0, 0.05) is 13.1 Å². The van der Waals surface area contributed by atoms with Crippen LogP contribution in [0.1, 0.15) is 12.8 Å². The van der Waals surface area contributed by atoms with Gasteiger partial charge in [-0.1, -0.05) is 23.7 Å². The molecule has 90 valence electrons. The van der Waals surface area contributed by atoms with Gasteiger partial charge in [0.05, 0.1) is 10.1 Å². The molecular formula is C13H16N2OS. The molecule has 0 unspecified atom stereocenters. The highest BCUT2D eigenvalue weighted by molar-refractivity contribution is 7.13. The Balaban J connectivity index is 1.80. The zero-order valence-corrected chi connectivity index (χ0v) is 10.6. The summed E-state index contributed by atoms with van der Waals surface area (Å²) in [5.74, 6) is 0. The van der Waals surface area contributed by atoms with Crippen molar-refractivity contribution in [3.63, 3.8) is 0 Å². The van der Waals surface area contributed by atoms with Crippen LogP contribution in [0.25, 0.3) is 10.1 Å². The maximum Gasteiger partial charge on any atom is 0.268 e. The molecule has 1 fully saturated rings. The number of rotatable bonds is 3. The van der Waals surface area contributed by atoms with E-state index >= 15 is 0 Å². The van der Waals surface area contributed by atoms with Gasteiger partial charge in [0.2, 0.25) is 0 Å². The Labute approximate surface area is 104 Å². The van der Waals surface area contributed by atoms with Crippen LogP contribution in [0.4, 0.5) is 0 Å². The van der Waals surface area contributed by atoms with Crippen LogP contribution in [0, 0.1) is 0 Å². The molecule has 2 heterocycles. The van der Waals surface area contributed by atoms with E-state index < -0.39 is 0 Å². The topological polar surface area (TPSA) is 25.2 Å². The first-order valence-corrected chi connectivity index (χ1v) is 6.93. The number of benzene rings is 1. The molecule has 0 radical (unpaired) electrons. The molecule has 17 heavy (non-hydrogen) atoms. The van der Waals surface area contributed by atoms with Gasteiger partial charge in [-0.05, 0) is 38.1 Å². The predicted molar refractivity (Wildman–Crippen MR) is 71.8 cm³/mol. The Hall–Kier alpha value is -1.13. The minimum Gasteiger partial charge on any atom is -0.302 e. The summed E-state index contributed by atoms with van der Waals surface area (Å²) in [6.45, 7) is 4.23. The van der Waals surface area contributed by atoms with E-state index in [1.807, 2.05) is 28.2 Å². The average molecular weight is 248 g/mol. The van der Waals surface area contributed by atoms with Crippen LogP contribution in [0.2, 0.25) is 0 Å². The van der Waals surface area contributed by atoms with Gasteiger partial charge in [-0.2, -0.15) is 0 Å². The molecule has 2 aromatic rings. The van der Waals surface area contributed by atoms with Crippen LogP contribution >= 0.6 is 11.5 Å². The fourth-order valence-electron chi connectivity index (χ4n) is 2.40. The molecule has 1 aliphatic rings. The highest BCUT2D eigenvalue weighted by atomic mass is 32.1. The highest BCUT2D eigenvalue weighted by Gasteiger charge is 2.12. The molecule has 0 saturated carbocycles. The Bertz CT molecular complexity index is 566. The Morgan fingerprint density at radius 1 is 1.12 bits per heavy atom. The third-order valence-electron chi connectivity index (χ3n) is 3.37. The Kier molecular flexibility index (Phi) is 2.99. The second kappa shape index (κ2) is 4.63. The highest BCUT2D eigenvalue weighted by Crippen LogP contribution is 2.16. The molecule has 0 N–H and O–H groups in total. The number of hydrogen-bond acceptors (Lipinski definition) is 3. The smallest absolute Gasteiger partial charge is 0.268 e. The molecule has 3 nitrogen and oxygen atoms in total. The predicted octanol–water partition coefficient (Wildman–Crippen LogP) is 2.16. The van der Waals surface area contributed by atoms with Crippen LogP contribution in [0.5, 0.6) is 0 Å². The number of aromatic nitrogens is 1. The second-order valence-electron chi connectivity index (χ2n) is 4.54. The standard InChI is InChI=1S/C13H16N2OS/c16-13-11-5-1-2-6-12(11)17-15(13)10-9-14-7-3-4-8-14/h1-2,5-6H,3-4,7-10H2. The number of likely N-dealkylation sites (tertiary alicyclic amines) is 1. The first-order chi connectivity index (χ1) is 8.34. The quantitative estimate of drug-likeness (QED) is 0.831. The van der Waals surface area contributed by atoms with E-state index in [0.29, 0.717) is 0 Å². The molecule has 1 aromatic carbocycles. The van der Waals surface area contributed by atoms with Crippen LogP contribution in [0.15, 0.2) is 29.1 Å². The van der Waals surface area contributed by atoms with Gasteiger partial charge in [0.1, 0.15) is 0 Å². The van der Waals surface area contributed by atoms with Gasteiger partial charge >= 0.3 is 0 Å². The molecule has 0 spiro atoms. The molecule has 0 aliphatic carbocycles. The van der Waals surface area contributed by atoms with Gasteiger partial charge in [0.15, 0.2) is 0 Å². The lowest BCUT2D eigenvalue weighted by Gasteiger charge is -2.13. The third kappa shape index (κ3) is 2.15. The molecule has 0 amide bonds. The number of nitrogens with zero attached hydrogens (tertiary/aromatic N) is 2. The van der Waals surface area contributed by atoms with Gasteiger partial charge in [-0.3, -0.25) is 8.75 Å². The van der Waals surface area contributed by atoms with E-state index in [2.05, 4.69) is 4.90 Å². The summed E-state index contributed by atoms with van der Waals surface area (Å²) in [5, 5.41) is 0.860. The molecule has 4 heteroatoms. The first kappa shape index (κ1) is 11.0. The fraction of sp³-hybridized carbons (Fsp3) is 0.462. The van der Waals surface area contributed by atoms with E-state index in [9.17, 15) is 4.79 Å². The van der Waals surface area contributed by atoms with Crippen molar-refractivity contribution in [2.75, 3.05) is 19.6 Å². The molecule has 1 saturated heterocycles. The van der Waals surface area contributed by atoms with Crippen molar-refractivity contribution in [1.82, 2.24) is 8.86 Å². The van der Waals surface area contributed by atoms with Crippen molar-refractivity contribution in [3.05, 3.63) is 34.6 Å². The maximum absolute atomic E-state index is 12.1. The second-order valence-corrected chi connectivity index (χ2v) is 5.61. The van der Waals surface area contributed by atoms with Gasteiger partial charge in [0.25, 0.3) is 5.56 Å². The van der Waals surface area contributed by atoms with Crippen molar-refractivity contribution in [2.24, 2.45) is 0 Å². The molecule has 0 atom stereocenters. The summed E-state index contributed by atoms with van der Waals surface area (Å²) >= 11 is 1.58. The normalized spacial score (nSPS) is 16.9. The lowest BCUT2D eigenvalue weighted by molar-refractivity contribution is 0.326. The zero-order chi connectivity index (χ0) is 11.7. The lowest BCUT2D eigenvalue weighted by Crippen LogP contribution is -2.26. The minimum absolute atomic E-state index is 0.171. The van der Waals surface area contributed by atoms with Crippen molar-refractivity contribution >= 4 is 21.6 Å². The molecular weight excluding hydrogens is 232 g/mol. The van der Waals surface area contributed by atoms with Crippen molar-refractivity contribution < 1.29 is 0 Å². The Morgan fingerprint density at radius 2 is 1.88 bits per heavy atom. The van der Waals surface area contributed by atoms with Crippen LogP contribution in [-0.2, 0) is 6.54 Å². The number of fused-ring (bicyclic) bond motifs is 1. The van der Waals surface area contributed by atoms with Gasteiger partial charge in [-0.25, -0.2) is 0 Å². The first-order valence-electron chi connectivity index (χ1n) is 6.16. The Morgan fingerprint density at radius 3 is 2.65 bits per heavy atom. The fourth-order valence-corrected chi connectivity index (χ4v) is 3.39. The minimum atomic E-state index is 0.171. The molecule has 0 bridgehead atoms. The number of hydrogen-bond donors (Lipinski definition) is 0. The monoisotopic (exact) mass is 248 g/mol.